The summed E-state index contributed by atoms with van der Waals surface area (Å²) in [5.74, 6) is -5.19. The summed E-state index contributed by atoms with van der Waals surface area (Å²) in [7, 11) is 0. The van der Waals surface area contributed by atoms with Crippen molar-refractivity contribution in [1.29, 1.82) is 0 Å². The molecule has 6 nitrogen and oxygen atoms in total. The standard InChI is InChI=1S/C20H16F3NO5/c21-13-4-5-14(20(23)19(13)22)24-17(25)11-29-18(26)7-3-12-2-6-15-16(10-12)28-9-1-8-27-15/h2-7,10H,1,8-9,11H2,(H,24,25)/b7-3+. The Labute approximate surface area is 163 Å². The van der Waals surface area contributed by atoms with Gasteiger partial charge in [0.05, 0.1) is 18.9 Å². The van der Waals surface area contributed by atoms with Crippen LogP contribution in [0.15, 0.2) is 36.4 Å². The summed E-state index contributed by atoms with van der Waals surface area (Å²) in [6.45, 7) is 0.351. The average molecular weight is 407 g/mol. The molecule has 2 aromatic rings. The van der Waals surface area contributed by atoms with Crippen LogP contribution in [0.4, 0.5) is 18.9 Å². The number of anilines is 1. The first-order chi connectivity index (χ1) is 13.9. The van der Waals surface area contributed by atoms with Crippen molar-refractivity contribution in [2.45, 2.75) is 6.42 Å². The van der Waals surface area contributed by atoms with Crippen molar-refractivity contribution in [2.75, 3.05) is 25.1 Å². The van der Waals surface area contributed by atoms with Crippen LogP contribution in [0.2, 0.25) is 0 Å². The number of ether oxygens (including phenoxy) is 3. The molecule has 9 heteroatoms. The number of nitrogens with one attached hydrogen (secondary N) is 1. The van der Waals surface area contributed by atoms with Gasteiger partial charge in [0.2, 0.25) is 0 Å². The third-order valence-corrected chi connectivity index (χ3v) is 3.84. The van der Waals surface area contributed by atoms with Gasteiger partial charge in [-0.1, -0.05) is 6.07 Å². The normalized spacial score (nSPS) is 13.1. The fourth-order valence-corrected chi connectivity index (χ4v) is 2.44. The van der Waals surface area contributed by atoms with E-state index in [0.717, 1.165) is 18.6 Å². The molecule has 3 rings (SSSR count). The molecule has 1 heterocycles. The zero-order valence-corrected chi connectivity index (χ0v) is 15.0. The van der Waals surface area contributed by atoms with Gasteiger partial charge in [0.15, 0.2) is 35.6 Å². The van der Waals surface area contributed by atoms with Gasteiger partial charge < -0.3 is 19.5 Å². The first-order valence-electron chi connectivity index (χ1n) is 8.62. The Morgan fingerprint density at radius 2 is 1.79 bits per heavy atom. The predicted molar refractivity (Wildman–Crippen MR) is 97.0 cm³/mol. The van der Waals surface area contributed by atoms with Gasteiger partial charge >= 0.3 is 5.97 Å². The summed E-state index contributed by atoms with van der Waals surface area (Å²) >= 11 is 0. The number of rotatable bonds is 5. The molecule has 0 fully saturated rings. The molecule has 0 saturated heterocycles. The Morgan fingerprint density at radius 1 is 1.03 bits per heavy atom. The number of fused-ring (bicyclic) bond motifs is 1. The van der Waals surface area contributed by atoms with Crippen LogP contribution in [-0.4, -0.2) is 31.7 Å². The summed E-state index contributed by atoms with van der Waals surface area (Å²) < 4.78 is 55.3. The van der Waals surface area contributed by atoms with Crippen molar-refractivity contribution >= 4 is 23.6 Å². The van der Waals surface area contributed by atoms with Crippen molar-refractivity contribution in [1.82, 2.24) is 0 Å². The van der Waals surface area contributed by atoms with E-state index in [1.807, 2.05) is 5.32 Å². The van der Waals surface area contributed by atoms with Gasteiger partial charge in [0, 0.05) is 12.5 Å². The lowest BCUT2D eigenvalue weighted by atomic mass is 10.2. The van der Waals surface area contributed by atoms with Crippen LogP contribution in [0.3, 0.4) is 0 Å². The second-order valence-electron chi connectivity index (χ2n) is 5.97. The molecule has 152 valence electrons. The highest BCUT2D eigenvalue weighted by Gasteiger charge is 2.16. The van der Waals surface area contributed by atoms with Gasteiger partial charge in [-0.05, 0) is 35.9 Å². The largest absolute Gasteiger partial charge is 0.490 e. The van der Waals surface area contributed by atoms with Crippen LogP contribution in [0.1, 0.15) is 12.0 Å². The van der Waals surface area contributed by atoms with E-state index in [-0.39, 0.29) is 0 Å². The topological polar surface area (TPSA) is 73.9 Å². The molecular weight excluding hydrogens is 391 g/mol. The van der Waals surface area contributed by atoms with E-state index in [4.69, 9.17) is 14.2 Å². The first-order valence-corrected chi connectivity index (χ1v) is 8.62. The van der Waals surface area contributed by atoms with E-state index in [1.54, 1.807) is 18.2 Å². The molecule has 1 aliphatic rings. The lowest BCUT2D eigenvalue weighted by Crippen LogP contribution is -2.21. The van der Waals surface area contributed by atoms with Crippen LogP contribution in [0.5, 0.6) is 11.5 Å². The van der Waals surface area contributed by atoms with E-state index in [2.05, 4.69) is 0 Å². The SMILES string of the molecule is O=C(COC(=O)/C=C/c1ccc2c(c1)OCCCO2)Nc1ccc(F)c(F)c1F. The molecule has 29 heavy (non-hydrogen) atoms. The van der Waals surface area contributed by atoms with E-state index >= 15 is 0 Å². The molecule has 0 saturated carbocycles. The summed E-state index contributed by atoms with van der Waals surface area (Å²) in [4.78, 5) is 23.5. The smallest absolute Gasteiger partial charge is 0.331 e. The molecule has 0 spiro atoms. The number of esters is 1. The van der Waals surface area contributed by atoms with Gasteiger partial charge in [0.25, 0.3) is 5.91 Å². The van der Waals surface area contributed by atoms with Crippen molar-refractivity contribution in [3.8, 4) is 11.5 Å². The maximum Gasteiger partial charge on any atom is 0.331 e. The maximum atomic E-state index is 13.5. The lowest BCUT2D eigenvalue weighted by molar-refractivity contribution is -0.142. The minimum absolute atomic E-state index is 0.524. The summed E-state index contributed by atoms with van der Waals surface area (Å²) in [6, 6.07) is 6.66. The number of carbonyl (C=O) groups excluding carboxylic acids is 2. The number of amides is 1. The molecule has 0 radical (unpaired) electrons. The quantitative estimate of drug-likeness (QED) is 0.467. The fourth-order valence-electron chi connectivity index (χ4n) is 2.44. The first kappa shape index (κ1) is 20.2. The van der Waals surface area contributed by atoms with Gasteiger partial charge in [-0.25, -0.2) is 18.0 Å². The minimum atomic E-state index is -1.71. The molecule has 0 unspecified atom stereocenters. The Morgan fingerprint density at radius 3 is 2.59 bits per heavy atom. The summed E-state index contributed by atoms with van der Waals surface area (Å²) in [5, 5.41) is 2.00. The van der Waals surface area contributed by atoms with Crippen molar-refractivity contribution in [2.24, 2.45) is 0 Å². The van der Waals surface area contributed by atoms with E-state index in [9.17, 15) is 22.8 Å². The molecule has 0 bridgehead atoms. The van der Waals surface area contributed by atoms with Crippen LogP contribution >= 0.6 is 0 Å². The number of carbonyl (C=O) groups is 2. The Bertz CT molecular complexity index is 961. The Hall–Kier alpha value is -3.49. The van der Waals surface area contributed by atoms with E-state index in [0.29, 0.717) is 36.3 Å². The molecule has 0 aliphatic carbocycles. The lowest BCUT2D eigenvalue weighted by Gasteiger charge is -2.08. The molecule has 1 aliphatic heterocycles. The van der Waals surface area contributed by atoms with Gasteiger partial charge in [-0.15, -0.1) is 0 Å². The summed E-state index contributed by atoms with van der Waals surface area (Å²) in [6.07, 6.45) is 3.33. The van der Waals surface area contributed by atoms with Gasteiger partial charge in [-0.2, -0.15) is 0 Å². The van der Waals surface area contributed by atoms with E-state index < -0.39 is 41.6 Å². The van der Waals surface area contributed by atoms with Crippen molar-refractivity contribution in [3.05, 3.63) is 59.4 Å². The van der Waals surface area contributed by atoms with Crippen molar-refractivity contribution < 1.29 is 37.0 Å². The number of halogens is 3. The zero-order valence-electron chi connectivity index (χ0n) is 15.0. The van der Waals surface area contributed by atoms with Crippen LogP contribution < -0.4 is 14.8 Å². The number of hydrogen-bond acceptors (Lipinski definition) is 5. The minimum Gasteiger partial charge on any atom is -0.490 e. The van der Waals surface area contributed by atoms with Crippen LogP contribution in [0, 0.1) is 17.5 Å². The van der Waals surface area contributed by atoms with Gasteiger partial charge in [0.1, 0.15) is 0 Å². The van der Waals surface area contributed by atoms with Crippen molar-refractivity contribution in [3.63, 3.8) is 0 Å². The molecule has 0 aromatic heterocycles. The Balaban J connectivity index is 1.52. The Kier molecular flexibility index (Phi) is 6.38. The highest BCUT2D eigenvalue weighted by molar-refractivity contribution is 5.94. The molecule has 1 amide bonds. The fraction of sp³-hybridized carbons (Fsp3) is 0.200. The highest BCUT2D eigenvalue weighted by atomic mass is 19.2. The third kappa shape index (κ3) is 5.28. The van der Waals surface area contributed by atoms with E-state index in [1.165, 1.54) is 6.08 Å². The monoisotopic (exact) mass is 407 g/mol. The third-order valence-electron chi connectivity index (χ3n) is 3.84. The second-order valence-corrected chi connectivity index (χ2v) is 5.97. The van der Waals surface area contributed by atoms with Crippen LogP contribution in [0.25, 0.3) is 6.08 Å². The number of benzene rings is 2. The molecule has 2 aromatic carbocycles. The average Bonchev–Trinajstić information content (AvgIpc) is 2.96. The molecule has 1 N–H and O–H groups in total. The predicted octanol–water partition coefficient (Wildman–Crippen LogP) is 3.46. The van der Waals surface area contributed by atoms with Crippen LogP contribution in [-0.2, 0) is 14.3 Å². The molecular formula is C20H16F3NO5. The maximum absolute atomic E-state index is 13.5. The van der Waals surface area contributed by atoms with Gasteiger partial charge in [-0.3, -0.25) is 4.79 Å². The second kappa shape index (κ2) is 9.13. The number of hydrogen-bond donors (Lipinski definition) is 1. The highest BCUT2D eigenvalue weighted by Crippen LogP contribution is 2.30. The zero-order chi connectivity index (χ0) is 20.8. The molecule has 0 atom stereocenters. The summed E-state index contributed by atoms with van der Waals surface area (Å²) in [5.41, 5.74) is 0.0900.